The number of guanidine groups is 1. The molecule has 1 aromatic carbocycles. The van der Waals surface area contributed by atoms with Crippen LogP contribution in [0, 0.1) is 5.41 Å². The fourth-order valence-electron chi connectivity index (χ4n) is 2.43. The van der Waals surface area contributed by atoms with Crippen molar-refractivity contribution in [1.29, 1.82) is 0 Å². The van der Waals surface area contributed by atoms with Crippen molar-refractivity contribution in [2.45, 2.75) is 20.3 Å². The molecule has 4 nitrogen and oxygen atoms in total. The lowest BCUT2D eigenvalue weighted by Crippen LogP contribution is -2.45. The maximum Gasteiger partial charge on any atom is 0.191 e. The Kier molecular flexibility index (Phi) is 10.8. The van der Waals surface area contributed by atoms with Gasteiger partial charge in [-0.3, -0.25) is 4.99 Å². The minimum absolute atomic E-state index is 0. The molecule has 0 spiro atoms. The summed E-state index contributed by atoms with van der Waals surface area (Å²) in [7, 11) is 6.00. The van der Waals surface area contributed by atoms with Crippen LogP contribution in [0.4, 0.5) is 0 Å². The highest BCUT2D eigenvalue weighted by molar-refractivity contribution is 14.0. The maximum atomic E-state index is 5.89. The van der Waals surface area contributed by atoms with Crippen LogP contribution in [0.25, 0.3) is 0 Å². The van der Waals surface area contributed by atoms with Crippen LogP contribution in [-0.2, 0) is 6.42 Å². The van der Waals surface area contributed by atoms with E-state index in [4.69, 9.17) is 11.6 Å². The van der Waals surface area contributed by atoms with E-state index < -0.39 is 0 Å². The molecule has 2 N–H and O–H groups in total. The monoisotopic (exact) mass is 452 g/mol. The summed E-state index contributed by atoms with van der Waals surface area (Å²) in [5.41, 5.74) is 1.46. The molecule has 0 heterocycles. The Morgan fingerprint density at radius 3 is 2.30 bits per heavy atom. The van der Waals surface area contributed by atoms with Gasteiger partial charge in [0.05, 0.1) is 0 Å². The summed E-state index contributed by atoms with van der Waals surface area (Å²) in [4.78, 5) is 6.48. The van der Waals surface area contributed by atoms with Crippen molar-refractivity contribution in [3.8, 4) is 0 Å². The van der Waals surface area contributed by atoms with Crippen LogP contribution in [0.5, 0.6) is 0 Å². The number of hydrogen-bond acceptors (Lipinski definition) is 2. The highest BCUT2D eigenvalue weighted by atomic mass is 127. The van der Waals surface area contributed by atoms with Crippen LogP contribution in [0.2, 0.25) is 5.02 Å². The van der Waals surface area contributed by atoms with Crippen molar-refractivity contribution in [2.24, 2.45) is 10.4 Å². The lowest BCUT2D eigenvalue weighted by Gasteiger charge is -2.29. The minimum atomic E-state index is 0. The summed E-state index contributed by atoms with van der Waals surface area (Å²) in [5, 5.41) is 7.53. The molecule has 1 aromatic rings. The topological polar surface area (TPSA) is 39.7 Å². The number of benzene rings is 1. The van der Waals surface area contributed by atoms with E-state index in [-0.39, 0.29) is 29.4 Å². The third-order valence-electron chi connectivity index (χ3n) is 3.32. The van der Waals surface area contributed by atoms with Gasteiger partial charge in [-0.15, -0.1) is 24.0 Å². The molecular weight excluding hydrogens is 423 g/mol. The zero-order valence-electron chi connectivity index (χ0n) is 14.8. The third-order valence-corrected chi connectivity index (χ3v) is 3.57. The van der Waals surface area contributed by atoms with Crippen molar-refractivity contribution < 1.29 is 0 Å². The molecular formula is C17H30ClIN4. The highest BCUT2D eigenvalue weighted by Crippen LogP contribution is 2.14. The molecule has 1 rings (SSSR count). The lowest BCUT2D eigenvalue weighted by atomic mass is 9.93. The quantitative estimate of drug-likeness (QED) is 0.379. The van der Waals surface area contributed by atoms with Gasteiger partial charge >= 0.3 is 0 Å². The highest BCUT2D eigenvalue weighted by Gasteiger charge is 2.19. The van der Waals surface area contributed by atoms with Crippen LogP contribution in [-0.4, -0.2) is 51.6 Å². The van der Waals surface area contributed by atoms with E-state index >= 15 is 0 Å². The van der Waals surface area contributed by atoms with Gasteiger partial charge in [0.25, 0.3) is 0 Å². The van der Waals surface area contributed by atoms with Crippen LogP contribution in [0.1, 0.15) is 19.4 Å². The van der Waals surface area contributed by atoms with E-state index in [1.165, 1.54) is 5.56 Å². The number of nitrogens with one attached hydrogen (secondary N) is 2. The van der Waals surface area contributed by atoms with E-state index in [0.717, 1.165) is 37.0 Å². The molecule has 0 radical (unpaired) electrons. The maximum absolute atomic E-state index is 5.89. The van der Waals surface area contributed by atoms with Gasteiger partial charge in [-0.1, -0.05) is 37.6 Å². The molecule has 0 saturated carbocycles. The first-order valence-electron chi connectivity index (χ1n) is 7.66. The fraction of sp³-hybridized carbons (Fsp3) is 0.588. The normalized spacial score (nSPS) is 12.0. The zero-order valence-corrected chi connectivity index (χ0v) is 17.9. The summed E-state index contributed by atoms with van der Waals surface area (Å²) in [6, 6.07) is 7.96. The van der Waals surface area contributed by atoms with Gasteiger partial charge in [0, 0.05) is 31.7 Å². The second kappa shape index (κ2) is 11.1. The SMILES string of the molecule is CN=C(NCCc1ccc(Cl)cc1)NCC(C)(C)CN(C)C.I. The van der Waals surface area contributed by atoms with E-state index in [1.807, 2.05) is 12.1 Å². The number of nitrogens with zero attached hydrogens (tertiary/aromatic N) is 2. The van der Waals surface area contributed by atoms with Crippen molar-refractivity contribution in [3.63, 3.8) is 0 Å². The standard InChI is InChI=1S/C17H29ClN4.HI/c1-17(2,13-22(4)5)12-21-16(19-3)20-11-10-14-6-8-15(18)9-7-14;/h6-9H,10-13H2,1-5H3,(H2,19,20,21);1H. The van der Waals surface area contributed by atoms with Crippen molar-refractivity contribution in [2.75, 3.05) is 40.8 Å². The first-order valence-corrected chi connectivity index (χ1v) is 8.04. The van der Waals surface area contributed by atoms with Gasteiger partial charge in [0.2, 0.25) is 0 Å². The molecule has 23 heavy (non-hydrogen) atoms. The first-order chi connectivity index (χ1) is 10.3. The van der Waals surface area contributed by atoms with Crippen LogP contribution < -0.4 is 10.6 Å². The molecule has 0 bridgehead atoms. The third kappa shape index (κ3) is 10.0. The summed E-state index contributed by atoms with van der Waals surface area (Å²) >= 11 is 5.89. The van der Waals surface area contributed by atoms with Gasteiger partial charge in [-0.2, -0.15) is 0 Å². The molecule has 0 aliphatic heterocycles. The lowest BCUT2D eigenvalue weighted by molar-refractivity contribution is 0.241. The Hall–Kier alpha value is -0.530. The predicted octanol–water partition coefficient (Wildman–Crippen LogP) is 3.25. The summed E-state index contributed by atoms with van der Waals surface area (Å²) in [6.45, 7) is 7.25. The van der Waals surface area contributed by atoms with E-state index in [0.29, 0.717) is 0 Å². The second-order valence-electron chi connectivity index (χ2n) is 6.63. The Morgan fingerprint density at radius 1 is 1.17 bits per heavy atom. The average molecular weight is 453 g/mol. The molecule has 0 aromatic heterocycles. The Bertz CT molecular complexity index is 472. The molecule has 0 aliphatic rings. The van der Waals surface area contributed by atoms with Gasteiger partial charge in [-0.25, -0.2) is 0 Å². The molecule has 0 saturated heterocycles. The summed E-state index contributed by atoms with van der Waals surface area (Å²) in [6.07, 6.45) is 0.943. The molecule has 6 heteroatoms. The smallest absolute Gasteiger partial charge is 0.191 e. The van der Waals surface area contributed by atoms with Crippen LogP contribution in [0.15, 0.2) is 29.3 Å². The molecule has 0 unspecified atom stereocenters. The summed E-state index contributed by atoms with van der Waals surface area (Å²) in [5.74, 6) is 0.848. The van der Waals surface area contributed by atoms with Crippen LogP contribution >= 0.6 is 35.6 Å². The zero-order chi connectivity index (χ0) is 16.6. The summed E-state index contributed by atoms with van der Waals surface area (Å²) < 4.78 is 0. The molecule has 0 amide bonds. The average Bonchev–Trinajstić information content (AvgIpc) is 2.43. The number of aliphatic imine (C=N–C) groups is 1. The molecule has 132 valence electrons. The Balaban J connectivity index is 0.00000484. The van der Waals surface area contributed by atoms with Gasteiger partial charge in [-0.05, 0) is 43.6 Å². The second-order valence-corrected chi connectivity index (χ2v) is 7.07. The molecule has 0 atom stereocenters. The van der Waals surface area contributed by atoms with Crippen molar-refractivity contribution >= 4 is 41.5 Å². The molecule has 0 fully saturated rings. The van der Waals surface area contributed by atoms with Gasteiger partial charge < -0.3 is 15.5 Å². The number of rotatable bonds is 7. The number of hydrogen-bond donors (Lipinski definition) is 2. The predicted molar refractivity (Wildman–Crippen MR) is 112 cm³/mol. The molecule has 0 aliphatic carbocycles. The van der Waals surface area contributed by atoms with Gasteiger partial charge in [0.15, 0.2) is 5.96 Å². The van der Waals surface area contributed by atoms with E-state index in [1.54, 1.807) is 7.05 Å². The van der Waals surface area contributed by atoms with E-state index in [2.05, 4.69) is 60.6 Å². The van der Waals surface area contributed by atoms with E-state index in [9.17, 15) is 0 Å². The Labute approximate surface area is 163 Å². The van der Waals surface area contributed by atoms with Crippen molar-refractivity contribution in [1.82, 2.24) is 15.5 Å². The number of halogens is 2. The largest absolute Gasteiger partial charge is 0.356 e. The minimum Gasteiger partial charge on any atom is -0.356 e. The fourth-order valence-corrected chi connectivity index (χ4v) is 2.56. The van der Waals surface area contributed by atoms with Crippen molar-refractivity contribution in [3.05, 3.63) is 34.9 Å². The Morgan fingerprint density at radius 2 is 1.78 bits per heavy atom. The first kappa shape index (κ1) is 22.5. The van der Waals surface area contributed by atoms with Gasteiger partial charge in [0.1, 0.15) is 0 Å². The van der Waals surface area contributed by atoms with Crippen LogP contribution in [0.3, 0.4) is 0 Å².